The molecule has 0 bridgehead atoms. The SMILES string of the molecule is Cc1ccc(C(O)=C2C(=O)C(=O)N(Cc3ccncc3)[C@H]2c2ccccc2)cc1. The smallest absolute Gasteiger partial charge is 0.295 e. The topological polar surface area (TPSA) is 70.5 Å². The molecule has 1 aliphatic heterocycles. The Morgan fingerprint density at radius 2 is 1.62 bits per heavy atom. The molecule has 1 fully saturated rings. The van der Waals surface area contributed by atoms with E-state index in [9.17, 15) is 14.7 Å². The predicted molar refractivity (Wildman–Crippen MR) is 110 cm³/mol. The van der Waals surface area contributed by atoms with Gasteiger partial charge in [-0.25, -0.2) is 0 Å². The molecule has 5 nitrogen and oxygen atoms in total. The minimum absolute atomic E-state index is 0.110. The number of Topliss-reactive ketones (excluding diaryl/α,β-unsaturated/α-hetero) is 1. The van der Waals surface area contributed by atoms with E-state index in [0.717, 1.165) is 16.7 Å². The molecule has 3 aromatic rings. The predicted octanol–water partition coefficient (Wildman–Crippen LogP) is 4.01. The van der Waals surface area contributed by atoms with E-state index in [0.29, 0.717) is 5.56 Å². The molecule has 29 heavy (non-hydrogen) atoms. The summed E-state index contributed by atoms with van der Waals surface area (Å²) in [4.78, 5) is 31.4. The molecular weight excluding hydrogens is 364 g/mol. The summed E-state index contributed by atoms with van der Waals surface area (Å²) >= 11 is 0. The zero-order valence-electron chi connectivity index (χ0n) is 15.9. The maximum Gasteiger partial charge on any atom is 0.295 e. The van der Waals surface area contributed by atoms with Gasteiger partial charge >= 0.3 is 0 Å². The third-order valence-electron chi connectivity index (χ3n) is 5.08. The van der Waals surface area contributed by atoms with E-state index in [-0.39, 0.29) is 17.9 Å². The second-order valence-electron chi connectivity index (χ2n) is 7.06. The van der Waals surface area contributed by atoms with Gasteiger partial charge in [-0.05, 0) is 30.2 Å². The van der Waals surface area contributed by atoms with Gasteiger partial charge in [0.1, 0.15) is 5.76 Å². The van der Waals surface area contributed by atoms with Crippen molar-refractivity contribution in [3.05, 3.63) is 107 Å². The van der Waals surface area contributed by atoms with Crippen molar-refractivity contribution >= 4 is 17.4 Å². The molecule has 1 aromatic heterocycles. The molecule has 1 aliphatic rings. The fourth-order valence-corrected chi connectivity index (χ4v) is 3.58. The highest BCUT2D eigenvalue weighted by Crippen LogP contribution is 2.40. The lowest BCUT2D eigenvalue weighted by Gasteiger charge is -2.25. The summed E-state index contributed by atoms with van der Waals surface area (Å²) in [7, 11) is 0. The van der Waals surface area contributed by atoms with Crippen LogP contribution in [0.25, 0.3) is 5.76 Å². The number of carbonyl (C=O) groups is 2. The Hall–Kier alpha value is -3.73. The normalized spacial score (nSPS) is 18.2. The standard InChI is InChI=1S/C24H20N2O3/c1-16-7-9-19(10-8-16)22(27)20-21(18-5-3-2-4-6-18)26(24(29)23(20)28)15-17-11-13-25-14-12-17/h2-14,21,27H,15H2,1H3/t21-/m0/s1. The van der Waals surface area contributed by atoms with Crippen LogP contribution in [-0.4, -0.2) is 26.7 Å². The monoisotopic (exact) mass is 384 g/mol. The third-order valence-corrected chi connectivity index (χ3v) is 5.08. The Bertz CT molecular complexity index is 1070. The van der Waals surface area contributed by atoms with Crippen LogP contribution in [0.5, 0.6) is 0 Å². The summed E-state index contributed by atoms with van der Waals surface area (Å²) < 4.78 is 0. The molecule has 4 rings (SSSR count). The molecule has 1 saturated heterocycles. The minimum atomic E-state index is -0.675. The first-order chi connectivity index (χ1) is 14.1. The molecule has 0 aliphatic carbocycles. The first-order valence-electron chi connectivity index (χ1n) is 9.35. The lowest BCUT2D eigenvalue weighted by molar-refractivity contribution is -0.140. The van der Waals surface area contributed by atoms with Gasteiger partial charge in [-0.15, -0.1) is 0 Å². The summed E-state index contributed by atoms with van der Waals surface area (Å²) in [5.41, 5.74) is 3.30. The van der Waals surface area contributed by atoms with Crippen LogP contribution in [0.2, 0.25) is 0 Å². The maximum atomic E-state index is 12.9. The fourth-order valence-electron chi connectivity index (χ4n) is 3.58. The van der Waals surface area contributed by atoms with Gasteiger partial charge in [0.25, 0.3) is 11.7 Å². The first-order valence-corrected chi connectivity index (χ1v) is 9.35. The van der Waals surface area contributed by atoms with Crippen molar-refractivity contribution in [2.75, 3.05) is 0 Å². The zero-order valence-corrected chi connectivity index (χ0v) is 15.9. The van der Waals surface area contributed by atoms with Gasteiger partial charge < -0.3 is 10.0 Å². The Morgan fingerprint density at radius 1 is 0.966 bits per heavy atom. The van der Waals surface area contributed by atoms with Crippen molar-refractivity contribution in [3.63, 3.8) is 0 Å². The van der Waals surface area contributed by atoms with Crippen molar-refractivity contribution in [1.29, 1.82) is 0 Å². The molecule has 2 aromatic carbocycles. The number of aliphatic hydroxyl groups is 1. The van der Waals surface area contributed by atoms with E-state index in [1.165, 1.54) is 4.90 Å². The van der Waals surface area contributed by atoms with Crippen LogP contribution in [0.4, 0.5) is 0 Å². The van der Waals surface area contributed by atoms with E-state index >= 15 is 0 Å². The summed E-state index contributed by atoms with van der Waals surface area (Å²) in [5, 5.41) is 11.0. The molecule has 144 valence electrons. The lowest BCUT2D eigenvalue weighted by atomic mass is 9.95. The van der Waals surface area contributed by atoms with Crippen LogP contribution in [0.3, 0.4) is 0 Å². The number of nitrogens with zero attached hydrogens (tertiary/aromatic N) is 2. The Labute approximate surface area is 169 Å². The van der Waals surface area contributed by atoms with Crippen molar-refractivity contribution < 1.29 is 14.7 Å². The van der Waals surface area contributed by atoms with Gasteiger partial charge in [0.15, 0.2) is 0 Å². The number of amides is 1. The van der Waals surface area contributed by atoms with E-state index in [2.05, 4.69) is 4.98 Å². The Balaban J connectivity index is 1.85. The van der Waals surface area contributed by atoms with E-state index in [4.69, 9.17) is 0 Å². The van der Waals surface area contributed by atoms with E-state index in [1.807, 2.05) is 49.4 Å². The van der Waals surface area contributed by atoms with Crippen molar-refractivity contribution in [2.24, 2.45) is 0 Å². The zero-order chi connectivity index (χ0) is 20.4. The van der Waals surface area contributed by atoms with Gasteiger partial charge in [0.05, 0.1) is 11.6 Å². The highest BCUT2D eigenvalue weighted by Gasteiger charge is 2.45. The molecule has 1 amide bonds. The minimum Gasteiger partial charge on any atom is -0.507 e. The number of carbonyl (C=O) groups excluding carboxylic acids is 2. The fraction of sp³-hybridized carbons (Fsp3) is 0.125. The van der Waals surface area contributed by atoms with Crippen molar-refractivity contribution in [2.45, 2.75) is 19.5 Å². The molecule has 1 N–H and O–H groups in total. The Kier molecular flexibility index (Phi) is 4.96. The number of hydrogen-bond acceptors (Lipinski definition) is 4. The molecule has 2 heterocycles. The summed E-state index contributed by atoms with van der Waals surface area (Å²) in [6.07, 6.45) is 3.30. The number of aliphatic hydroxyl groups excluding tert-OH is 1. The van der Waals surface area contributed by atoms with Crippen molar-refractivity contribution in [1.82, 2.24) is 9.88 Å². The van der Waals surface area contributed by atoms with Crippen LogP contribution in [0, 0.1) is 6.92 Å². The number of benzene rings is 2. The number of likely N-dealkylation sites (tertiary alicyclic amines) is 1. The van der Waals surface area contributed by atoms with E-state index in [1.54, 1.807) is 36.7 Å². The van der Waals surface area contributed by atoms with Crippen LogP contribution >= 0.6 is 0 Å². The van der Waals surface area contributed by atoms with Gasteiger partial charge in [-0.2, -0.15) is 0 Å². The van der Waals surface area contributed by atoms with Crippen LogP contribution in [0.15, 0.2) is 84.7 Å². The number of ketones is 1. The van der Waals surface area contributed by atoms with Crippen molar-refractivity contribution in [3.8, 4) is 0 Å². The van der Waals surface area contributed by atoms with Crippen LogP contribution in [0.1, 0.15) is 28.3 Å². The number of aryl methyl sites for hydroxylation is 1. The molecule has 0 radical (unpaired) electrons. The molecule has 0 unspecified atom stereocenters. The second-order valence-corrected chi connectivity index (χ2v) is 7.06. The maximum absolute atomic E-state index is 12.9. The quantitative estimate of drug-likeness (QED) is 0.419. The highest BCUT2D eigenvalue weighted by molar-refractivity contribution is 6.46. The van der Waals surface area contributed by atoms with Gasteiger partial charge in [0, 0.05) is 24.5 Å². The molecule has 1 atom stereocenters. The summed E-state index contributed by atoms with van der Waals surface area (Å²) in [6, 6.07) is 19.5. The lowest BCUT2D eigenvalue weighted by Crippen LogP contribution is -2.29. The average molecular weight is 384 g/mol. The average Bonchev–Trinajstić information content (AvgIpc) is 3.00. The largest absolute Gasteiger partial charge is 0.507 e. The van der Waals surface area contributed by atoms with Gasteiger partial charge in [0.2, 0.25) is 0 Å². The number of pyridine rings is 1. The first kappa shape index (κ1) is 18.6. The Morgan fingerprint density at radius 3 is 2.28 bits per heavy atom. The molecule has 5 heteroatoms. The number of hydrogen-bond donors (Lipinski definition) is 1. The molecule has 0 spiro atoms. The molecular formula is C24H20N2O3. The molecule has 0 saturated carbocycles. The second kappa shape index (κ2) is 7.72. The number of rotatable bonds is 4. The van der Waals surface area contributed by atoms with E-state index < -0.39 is 17.7 Å². The van der Waals surface area contributed by atoms with Crippen LogP contribution < -0.4 is 0 Å². The highest BCUT2D eigenvalue weighted by atomic mass is 16.3. The van der Waals surface area contributed by atoms with Gasteiger partial charge in [-0.3, -0.25) is 14.6 Å². The third kappa shape index (κ3) is 3.55. The summed E-state index contributed by atoms with van der Waals surface area (Å²) in [5.74, 6) is -1.45. The summed E-state index contributed by atoms with van der Waals surface area (Å²) in [6.45, 7) is 2.19. The number of aromatic nitrogens is 1. The van der Waals surface area contributed by atoms with Gasteiger partial charge in [-0.1, -0.05) is 60.2 Å². The van der Waals surface area contributed by atoms with Crippen LogP contribution in [-0.2, 0) is 16.1 Å².